The van der Waals surface area contributed by atoms with Crippen LogP contribution >= 0.6 is 11.6 Å². The second kappa shape index (κ2) is 6.98. The van der Waals surface area contributed by atoms with Gasteiger partial charge in [-0.25, -0.2) is 21.9 Å². The van der Waals surface area contributed by atoms with Gasteiger partial charge in [-0.1, -0.05) is 11.6 Å². The van der Waals surface area contributed by atoms with Crippen molar-refractivity contribution < 1.29 is 22.0 Å². The number of aromatic nitrogens is 1. The summed E-state index contributed by atoms with van der Waals surface area (Å²) in [5.74, 6) is -3.06. The molecule has 10 heteroatoms. The van der Waals surface area contributed by atoms with Crippen LogP contribution < -0.4 is 9.62 Å². The number of amides is 1. The maximum Gasteiger partial charge on any atom is 0.274 e. The third kappa shape index (κ3) is 4.40. The Morgan fingerprint density at radius 3 is 2.38 bits per heavy atom. The molecule has 1 heterocycles. The van der Waals surface area contributed by atoms with E-state index in [2.05, 4.69) is 9.71 Å². The molecule has 142 valence electrons. The van der Waals surface area contributed by atoms with Gasteiger partial charge < -0.3 is 9.88 Å². The predicted octanol–water partition coefficient (Wildman–Crippen LogP) is 3.30. The summed E-state index contributed by atoms with van der Waals surface area (Å²) in [7, 11) is -2.50. The van der Waals surface area contributed by atoms with Crippen LogP contribution in [0.15, 0.2) is 29.3 Å². The molecule has 0 fully saturated rings. The summed E-state index contributed by atoms with van der Waals surface area (Å²) >= 11 is 5.59. The molecule has 2 aromatic rings. The number of nitrogens with zero attached hydrogens (tertiary/aromatic N) is 1. The molecule has 0 aliphatic rings. The smallest absolute Gasteiger partial charge is 0.274 e. The van der Waals surface area contributed by atoms with Gasteiger partial charge in [-0.15, -0.1) is 0 Å². The number of aromatic amines is 1. The minimum absolute atomic E-state index is 0.0192. The molecule has 26 heavy (non-hydrogen) atoms. The molecule has 1 aromatic heterocycles. The van der Waals surface area contributed by atoms with E-state index in [0.717, 1.165) is 23.1 Å². The van der Waals surface area contributed by atoms with Crippen molar-refractivity contribution >= 4 is 33.2 Å². The monoisotopic (exact) mass is 405 g/mol. The van der Waals surface area contributed by atoms with Gasteiger partial charge in [-0.2, -0.15) is 0 Å². The lowest BCUT2D eigenvalue weighted by atomic mass is 10.1. The van der Waals surface area contributed by atoms with Crippen molar-refractivity contribution in [2.75, 3.05) is 11.9 Å². The summed E-state index contributed by atoms with van der Waals surface area (Å²) in [5.41, 5.74) is -0.715. The SMILES string of the molecule is CN(C(=O)c1cc(S(=O)(=O)NC(C)(C)C)c[nH]1)c1cc(F)c(F)c(Cl)c1. The molecule has 2 N–H and O–H groups in total. The lowest BCUT2D eigenvalue weighted by Crippen LogP contribution is -2.40. The number of anilines is 1. The number of halogens is 3. The molecule has 2 rings (SSSR count). The van der Waals surface area contributed by atoms with E-state index in [4.69, 9.17) is 11.6 Å². The van der Waals surface area contributed by atoms with E-state index in [-0.39, 0.29) is 16.3 Å². The molecule has 0 spiro atoms. The lowest BCUT2D eigenvalue weighted by molar-refractivity contribution is 0.0988. The van der Waals surface area contributed by atoms with E-state index in [9.17, 15) is 22.0 Å². The van der Waals surface area contributed by atoms with Crippen LogP contribution in [0.4, 0.5) is 14.5 Å². The van der Waals surface area contributed by atoms with Crippen molar-refractivity contribution in [1.29, 1.82) is 0 Å². The van der Waals surface area contributed by atoms with E-state index in [1.54, 1.807) is 20.8 Å². The zero-order chi connectivity index (χ0) is 19.9. The molecule has 0 atom stereocenters. The van der Waals surface area contributed by atoms with Crippen molar-refractivity contribution in [3.63, 3.8) is 0 Å². The average molecular weight is 406 g/mol. The Labute approximate surface area is 155 Å². The summed E-state index contributed by atoms with van der Waals surface area (Å²) in [6.07, 6.45) is 1.17. The first kappa shape index (κ1) is 20.3. The van der Waals surface area contributed by atoms with Crippen molar-refractivity contribution in [3.8, 4) is 0 Å². The van der Waals surface area contributed by atoms with Gasteiger partial charge in [0.2, 0.25) is 10.0 Å². The van der Waals surface area contributed by atoms with Crippen molar-refractivity contribution in [2.45, 2.75) is 31.2 Å². The molecular formula is C16H18ClF2N3O3S. The van der Waals surface area contributed by atoms with E-state index in [0.29, 0.717) is 0 Å². The van der Waals surface area contributed by atoms with Crippen LogP contribution in [0.2, 0.25) is 5.02 Å². The topological polar surface area (TPSA) is 82.3 Å². The van der Waals surface area contributed by atoms with Gasteiger partial charge >= 0.3 is 0 Å². The molecule has 0 aliphatic carbocycles. The van der Waals surface area contributed by atoms with Crippen LogP contribution in [0.1, 0.15) is 31.3 Å². The van der Waals surface area contributed by atoms with Gasteiger partial charge in [0.25, 0.3) is 5.91 Å². The highest BCUT2D eigenvalue weighted by atomic mass is 35.5. The van der Waals surface area contributed by atoms with Gasteiger partial charge in [-0.3, -0.25) is 4.79 Å². The number of carbonyl (C=O) groups is 1. The van der Waals surface area contributed by atoms with Crippen molar-refractivity contribution in [1.82, 2.24) is 9.71 Å². The molecule has 1 aromatic carbocycles. The molecule has 0 saturated heterocycles. The van der Waals surface area contributed by atoms with Gasteiger partial charge in [0.15, 0.2) is 11.6 Å². The fourth-order valence-electron chi connectivity index (χ4n) is 2.15. The predicted molar refractivity (Wildman–Crippen MR) is 95.0 cm³/mol. The van der Waals surface area contributed by atoms with Crippen LogP contribution in [0.25, 0.3) is 0 Å². The molecule has 1 amide bonds. The maximum atomic E-state index is 13.5. The Hall–Kier alpha value is -1.97. The fourth-order valence-corrected chi connectivity index (χ4v) is 3.76. The Morgan fingerprint density at radius 2 is 1.85 bits per heavy atom. The van der Waals surface area contributed by atoms with Gasteiger partial charge in [0.05, 0.1) is 5.02 Å². The Kier molecular flexibility index (Phi) is 5.46. The number of rotatable bonds is 4. The molecule has 0 radical (unpaired) electrons. The quantitative estimate of drug-likeness (QED) is 0.765. The number of benzene rings is 1. The number of sulfonamides is 1. The van der Waals surface area contributed by atoms with E-state index in [1.165, 1.54) is 13.2 Å². The molecule has 6 nitrogen and oxygen atoms in total. The fraction of sp³-hybridized carbons (Fsp3) is 0.312. The zero-order valence-electron chi connectivity index (χ0n) is 14.5. The number of carbonyl (C=O) groups excluding carboxylic acids is 1. The van der Waals surface area contributed by atoms with E-state index >= 15 is 0 Å². The number of hydrogen-bond acceptors (Lipinski definition) is 3. The summed E-state index contributed by atoms with van der Waals surface area (Å²) in [6.45, 7) is 5.05. The Morgan fingerprint density at radius 1 is 1.23 bits per heavy atom. The minimum Gasteiger partial charge on any atom is -0.356 e. The van der Waals surface area contributed by atoms with Gasteiger partial charge in [-0.05, 0) is 32.9 Å². The third-order valence-corrected chi connectivity index (χ3v) is 5.31. The number of nitrogens with one attached hydrogen (secondary N) is 2. The average Bonchev–Trinajstić information content (AvgIpc) is 2.99. The van der Waals surface area contributed by atoms with Crippen LogP contribution in [0.3, 0.4) is 0 Å². The number of hydrogen-bond donors (Lipinski definition) is 2. The minimum atomic E-state index is -3.82. The van der Waals surface area contributed by atoms with Crippen LogP contribution in [0, 0.1) is 11.6 Å². The van der Waals surface area contributed by atoms with Crippen LogP contribution in [-0.4, -0.2) is 31.9 Å². The third-order valence-electron chi connectivity index (χ3n) is 3.30. The molecule has 0 aliphatic heterocycles. The summed E-state index contributed by atoms with van der Waals surface area (Å²) in [6, 6.07) is 3.08. The zero-order valence-corrected chi connectivity index (χ0v) is 16.1. The highest BCUT2D eigenvalue weighted by Gasteiger charge is 2.25. The Balaban J connectivity index is 2.30. The summed E-state index contributed by atoms with van der Waals surface area (Å²) < 4.78 is 53.8. The summed E-state index contributed by atoms with van der Waals surface area (Å²) in [5, 5.41) is -0.469. The summed E-state index contributed by atoms with van der Waals surface area (Å²) in [4.78, 5) is 16.0. The van der Waals surface area contributed by atoms with E-state index < -0.39 is 38.1 Å². The van der Waals surface area contributed by atoms with Crippen molar-refractivity contribution in [2.24, 2.45) is 0 Å². The standard InChI is InChI=1S/C16H18ClF2N3O3S/c1-16(2,3)21-26(24,25)10-7-13(20-8-10)15(23)22(4)9-5-11(17)14(19)12(18)6-9/h5-8,20-21H,1-4H3. The largest absolute Gasteiger partial charge is 0.356 e. The van der Waals surface area contributed by atoms with Crippen molar-refractivity contribution in [3.05, 3.63) is 46.7 Å². The van der Waals surface area contributed by atoms with Crippen LogP contribution in [0.5, 0.6) is 0 Å². The normalized spacial score (nSPS) is 12.3. The maximum absolute atomic E-state index is 13.5. The molecule has 0 bridgehead atoms. The highest BCUT2D eigenvalue weighted by Crippen LogP contribution is 2.26. The highest BCUT2D eigenvalue weighted by molar-refractivity contribution is 7.89. The van der Waals surface area contributed by atoms with Gasteiger partial charge in [0.1, 0.15) is 10.6 Å². The van der Waals surface area contributed by atoms with Gasteiger partial charge in [0, 0.05) is 30.5 Å². The second-order valence-corrected chi connectivity index (χ2v) is 8.78. The van der Waals surface area contributed by atoms with Crippen LogP contribution in [-0.2, 0) is 10.0 Å². The van der Waals surface area contributed by atoms with E-state index in [1.807, 2.05) is 0 Å². The molecule has 0 unspecified atom stereocenters. The first-order chi connectivity index (χ1) is 11.8. The first-order valence-electron chi connectivity index (χ1n) is 7.47. The molecular weight excluding hydrogens is 388 g/mol. The first-order valence-corrected chi connectivity index (χ1v) is 9.33. The Bertz CT molecular complexity index is 929. The molecule has 0 saturated carbocycles. The lowest BCUT2D eigenvalue weighted by Gasteiger charge is -2.19. The number of H-pyrrole nitrogens is 1. The second-order valence-electron chi connectivity index (χ2n) is 6.69.